The Balaban J connectivity index is 1.12. The van der Waals surface area contributed by atoms with E-state index < -0.39 is 11.6 Å². The topological polar surface area (TPSA) is 88.3 Å². The van der Waals surface area contributed by atoms with E-state index in [9.17, 15) is 4.79 Å². The Labute approximate surface area is 289 Å². The number of imidazole rings is 1. The predicted molar refractivity (Wildman–Crippen MR) is 192 cm³/mol. The minimum absolute atomic E-state index is 0.0159. The molecule has 4 saturated heterocycles. The molecule has 0 saturated carbocycles. The third-order valence-corrected chi connectivity index (χ3v) is 12.9. The van der Waals surface area contributed by atoms with E-state index >= 15 is 8.78 Å². The van der Waals surface area contributed by atoms with Gasteiger partial charge >= 0.3 is 0 Å². The third kappa shape index (κ3) is 6.48. The second kappa shape index (κ2) is 13.1. The summed E-state index contributed by atoms with van der Waals surface area (Å²) in [7, 11) is 0.348. The fraction of sp³-hybridized carbons (Fsp3) is 0.474. The van der Waals surface area contributed by atoms with Crippen molar-refractivity contribution in [1.82, 2.24) is 20.6 Å². The van der Waals surface area contributed by atoms with E-state index in [-0.39, 0.29) is 41.2 Å². The molecule has 2 radical (unpaired) electrons. The van der Waals surface area contributed by atoms with Gasteiger partial charge in [0, 0.05) is 17.9 Å². The highest BCUT2D eigenvalue weighted by Crippen LogP contribution is 2.48. The first-order valence-corrected chi connectivity index (χ1v) is 19.0. The Morgan fingerprint density at radius 2 is 1.63 bits per heavy atom. The van der Waals surface area contributed by atoms with Gasteiger partial charge in [-0.25, -0.2) is 13.8 Å². The summed E-state index contributed by atoms with van der Waals surface area (Å²) in [5.41, 5.74) is 5.59. The zero-order valence-corrected chi connectivity index (χ0v) is 29.3. The van der Waals surface area contributed by atoms with E-state index in [1.54, 1.807) is 0 Å². The lowest BCUT2D eigenvalue weighted by atomic mass is 9.91. The van der Waals surface area contributed by atoms with Crippen molar-refractivity contribution in [1.29, 1.82) is 0 Å². The molecule has 8 rings (SSSR count). The van der Waals surface area contributed by atoms with Gasteiger partial charge in [-0.05, 0) is 117 Å². The molecule has 4 aliphatic heterocycles. The number of nitrogens with zero attached hydrogens (tertiary/aromatic N) is 3. The molecule has 4 N–H and O–H groups in total. The molecule has 4 aromatic rings. The maximum Gasteiger partial charge on any atom is 0.241 e. The predicted octanol–water partition coefficient (Wildman–Crippen LogP) is 7.31. The van der Waals surface area contributed by atoms with Crippen LogP contribution in [0.2, 0.25) is 6.04 Å². The number of H-pyrrole nitrogens is 1. The number of hydrogen-bond acceptors (Lipinski definition) is 6. The number of carbonyl (C=O) groups excluding carboxylic acids is 1. The first-order chi connectivity index (χ1) is 23.7. The fourth-order valence-electron chi connectivity index (χ4n) is 8.13. The molecule has 0 spiro atoms. The number of hydrogen-bond donors (Lipinski definition) is 4. The highest BCUT2D eigenvalue weighted by molar-refractivity contribution is 6.42. The van der Waals surface area contributed by atoms with Crippen LogP contribution in [0, 0.1) is 17.0 Å². The van der Waals surface area contributed by atoms with E-state index in [1.165, 1.54) is 12.1 Å². The van der Waals surface area contributed by atoms with Gasteiger partial charge in [-0.15, -0.1) is 0 Å². The second-order valence-electron chi connectivity index (χ2n) is 15.0. The SMILES string of the molecule is CC1(C)CCN(c2c(F)cc(N3[C@H](c4ccc(NC(=O)C5CCCN5)cc4)CC[C@H]3c3ccc4nc([C@@H]5CCCN5)[nH]c4c3)cc2F)[Si]C1. The summed E-state index contributed by atoms with van der Waals surface area (Å²) in [6, 6.07) is 18.2. The van der Waals surface area contributed by atoms with Gasteiger partial charge in [-0.2, -0.15) is 0 Å². The number of anilines is 3. The number of halogens is 2. The zero-order chi connectivity index (χ0) is 33.7. The first kappa shape index (κ1) is 32.4. The van der Waals surface area contributed by atoms with Gasteiger partial charge in [0.25, 0.3) is 0 Å². The van der Waals surface area contributed by atoms with Gasteiger partial charge < -0.3 is 30.4 Å². The minimum Gasteiger partial charge on any atom is -0.393 e. The number of aromatic nitrogens is 2. The van der Waals surface area contributed by atoms with Crippen molar-refractivity contribution < 1.29 is 13.6 Å². The molecular weight excluding hydrogens is 637 g/mol. The van der Waals surface area contributed by atoms with Gasteiger partial charge in [0.05, 0.1) is 35.2 Å². The Kier molecular flexibility index (Phi) is 8.70. The maximum absolute atomic E-state index is 16.1. The van der Waals surface area contributed by atoms with Gasteiger partial charge in [0.15, 0.2) is 21.3 Å². The van der Waals surface area contributed by atoms with E-state index in [1.807, 2.05) is 28.8 Å². The Morgan fingerprint density at radius 3 is 2.31 bits per heavy atom. The number of aromatic amines is 1. The van der Waals surface area contributed by atoms with Crippen molar-refractivity contribution in [3.8, 4) is 0 Å². The van der Waals surface area contributed by atoms with Crippen LogP contribution in [0.25, 0.3) is 11.0 Å². The standard InChI is InChI=1S/C38H45F2N7OSi/c1-38(2)15-18-46(49-22-38)35-27(39)20-26(21-28(35)40)47-33(23-7-10-25(11-8-23)43-37(48)31-6-4-17-42-31)13-14-34(47)24-9-12-29-32(19-24)45-36(44-29)30-5-3-16-41-30/h7-12,19-21,30-31,33-34,41-42H,3-6,13-18,22H2,1-2H3,(H,43,48)(H,44,45)/t30-,31?,33-,34-/m0/s1. The highest BCUT2D eigenvalue weighted by Gasteiger charge is 2.38. The number of amides is 1. The van der Waals surface area contributed by atoms with Crippen LogP contribution >= 0.6 is 0 Å². The second-order valence-corrected chi connectivity index (χ2v) is 16.2. The first-order valence-electron chi connectivity index (χ1n) is 17.9. The molecule has 11 heteroatoms. The minimum atomic E-state index is -0.511. The quantitative estimate of drug-likeness (QED) is 0.153. The molecule has 3 aromatic carbocycles. The van der Waals surface area contributed by atoms with Crippen molar-refractivity contribution in [3.63, 3.8) is 0 Å². The lowest BCUT2D eigenvalue weighted by Crippen LogP contribution is -2.40. The number of fused-ring (bicyclic) bond motifs is 1. The molecule has 4 fully saturated rings. The lowest BCUT2D eigenvalue weighted by Gasteiger charge is -2.38. The van der Waals surface area contributed by atoms with Gasteiger partial charge in [-0.1, -0.05) is 32.0 Å². The van der Waals surface area contributed by atoms with Crippen LogP contribution in [0.4, 0.5) is 25.8 Å². The van der Waals surface area contributed by atoms with Crippen LogP contribution in [0.1, 0.15) is 93.9 Å². The highest BCUT2D eigenvalue weighted by atomic mass is 28.2. The van der Waals surface area contributed by atoms with E-state index in [0.29, 0.717) is 21.9 Å². The lowest BCUT2D eigenvalue weighted by molar-refractivity contribution is -0.117. The van der Waals surface area contributed by atoms with Crippen molar-refractivity contribution >= 4 is 43.7 Å². The van der Waals surface area contributed by atoms with Crippen molar-refractivity contribution in [2.75, 3.05) is 34.4 Å². The molecular formula is C38H45F2N7OSi. The summed E-state index contributed by atoms with van der Waals surface area (Å²) >= 11 is 0. The van der Waals surface area contributed by atoms with Crippen LogP contribution in [0.5, 0.6) is 0 Å². The summed E-state index contributed by atoms with van der Waals surface area (Å²) in [4.78, 5) is 23.4. The van der Waals surface area contributed by atoms with Crippen LogP contribution in [-0.2, 0) is 4.79 Å². The molecule has 8 nitrogen and oxygen atoms in total. The third-order valence-electron chi connectivity index (χ3n) is 11.0. The normalized spacial score (nSPS) is 25.4. The average molecular weight is 682 g/mol. The van der Waals surface area contributed by atoms with Gasteiger partial charge in [-0.3, -0.25) is 4.79 Å². The molecule has 4 aliphatic rings. The average Bonchev–Trinajstić information content (AvgIpc) is 3.92. The molecule has 1 amide bonds. The van der Waals surface area contributed by atoms with Crippen LogP contribution in [0.15, 0.2) is 54.6 Å². The van der Waals surface area contributed by atoms with Crippen LogP contribution in [0.3, 0.4) is 0 Å². The smallest absolute Gasteiger partial charge is 0.241 e. The van der Waals surface area contributed by atoms with Crippen molar-refractivity contribution in [2.24, 2.45) is 5.41 Å². The molecule has 1 unspecified atom stereocenters. The number of rotatable bonds is 7. The van der Waals surface area contributed by atoms with Crippen LogP contribution in [-0.4, -0.2) is 51.2 Å². The van der Waals surface area contributed by atoms with E-state index in [4.69, 9.17) is 4.98 Å². The van der Waals surface area contributed by atoms with Gasteiger partial charge in [0.2, 0.25) is 5.91 Å². The summed E-state index contributed by atoms with van der Waals surface area (Å²) in [5.74, 6) is -0.0770. The summed E-state index contributed by atoms with van der Waals surface area (Å²) in [5, 5.41) is 9.82. The zero-order valence-electron chi connectivity index (χ0n) is 28.3. The maximum atomic E-state index is 16.1. The number of benzene rings is 3. The Bertz CT molecular complexity index is 1800. The summed E-state index contributed by atoms with van der Waals surface area (Å²) in [6.45, 7) is 6.96. The number of carbonyl (C=O) groups is 1. The molecule has 5 heterocycles. The van der Waals surface area contributed by atoms with Crippen LogP contribution < -0.4 is 25.4 Å². The Hall–Kier alpha value is -3.80. The monoisotopic (exact) mass is 681 g/mol. The van der Waals surface area contributed by atoms with Crippen molar-refractivity contribution in [2.45, 2.75) is 89.0 Å². The Morgan fingerprint density at radius 1 is 0.918 bits per heavy atom. The fourth-order valence-corrected chi connectivity index (χ4v) is 9.57. The molecule has 256 valence electrons. The molecule has 4 atom stereocenters. The van der Waals surface area contributed by atoms with Crippen molar-refractivity contribution in [3.05, 3.63) is 83.2 Å². The summed E-state index contributed by atoms with van der Waals surface area (Å²) < 4.78 is 34.1. The van der Waals surface area contributed by atoms with Gasteiger partial charge in [0.1, 0.15) is 11.5 Å². The molecule has 49 heavy (non-hydrogen) atoms. The molecule has 0 bridgehead atoms. The van der Waals surface area contributed by atoms with E-state index in [2.05, 4.69) is 57.9 Å². The summed E-state index contributed by atoms with van der Waals surface area (Å²) in [6.07, 6.45) is 6.58. The number of nitrogens with one attached hydrogen (secondary N) is 4. The largest absolute Gasteiger partial charge is 0.393 e. The van der Waals surface area contributed by atoms with E-state index in [0.717, 1.165) is 97.8 Å². The molecule has 1 aromatic heterocycles. The molecule has 0 aliphatic carbocycles.